The summed E-state index contributed by atoms with van der Waals surface area (Å²) in [6.45, 7) is 4.25. The van der Waals surface area contributed by atoms with Gasteiger partial charge in [0.1, 0.15) is 22.0 Å². The molecule has 1 aromatic heterocycles. The minimum atomic E-state index is -0.702. The van der Waals surface area contributed by atoms with Crippen molar-refractivity contribution in [2.24, 2.45) is 5.92 Å². The van der Waals surface area contributed by atoms with E-state index < -0.39 is 11.6 Å². The number of carbonyl (C=O) groups excluding carboxylic acids is 1. The van der Waals surface area contributed by atoms with Crippen molar-refractivity contribution in [1.29, 1.82) is 0 Å². The van der Waals surface area contributed by atoms with E-state index in [1.807, 2.05) is 17.6 Å². The zero-order chi connectivity index (χ0) is 25.3. The molecule has 0 amide bonds. The molecule has 0 saturated heterocycles. The number of rotatable bonds is 7. The molecule has 190 valence electrons. The third kappa shape index (κ3) is 5.14. The molecule has 1 aliphatic carbocycles. The topological polar surface area (TPSA) is 79.7 Å². The van der Waals surface area contributed by atoms with Crippen molar-refractivity contribution in [3.63, 3.8) is 0 Å². The van der Waals surface area contributed by atoms with E-state index in [0.29, 0.717) is 17.7 Å². The number of aliphatic hydroxyl groups is 1. The monoisotopic (exact) mass is 523 g/mol. The Labute approximate surface area is 220 Å². The number of hydrogen-bond acceptors (Lipinski definition) is 7. The number of nitrogens with zero attached hydrogens (tertiary/aromatic N) is 1. The molecule has 5 rings (SSSR count). The largest absolute Gasteiger partial charge is 0.511 e. The summed E-state index contributed by atoms with van der Waals surface area (Å²) in [6, 6.07) is 11.4. The summed E-state index contributed by atoms with van der Waals surface area (Å²) < 4.78 is 7.42. The smallest absolute Gasteiger partial charge is 0.349 e. The van der Waals surface area contributed by atoms with Crippen LogP contribution in [-0.4, -0.2) is 26.8 Å². The highest BCUT2D eigenvalue weighted by Gasteiger charge is 2.47. The second-order valence-corrected chi connectivity index (χ2v) is 12.3. The van der Waals surface area contributed by atoms with Gasteiger partial charge in [0.2, 0.25) is 0 Å². The average Bonchev–Trinajstić information content (AvgIpc) is 3.33. The third-order valence-corrected chi connectivity index (χ3v) is 9.60. The summed E-state index contributed by atoms with van der Waals surface area (Å²) in [5, 5.41) is 21.0. The molecule has 2 N–H and O–H groups in total. The Hall–Kier alpha value is -2.51. The van der Waals surface area contributed by atoms with Crippen molar-refractivity contribution >= 4 is 39.3 Å². The number of phenols is 1. The summed E-state index contributed by atoms with van der Waals surface area (Å²) in [6.07, 6.45) is 7.21. The van der Waals surface area contributed by atoms with E-state index in [1.54, 1.807) is 23.5 Å². The zero-order valence-electron chi connectivity index (χ0n) is 20.8. The lowest BCUT2D eigenvalue weighted by molar-refractivity contribution is -0.168. The van der Waals surface area contributed by atoms with Crippen molar-refractivity contribution < 1.29 is 19.7 Å². The second kappa shape index (κ2) is 10.5. The standard InChI is InChI=1S/C29H33NO4S2/c1-18(2)22-14-23-26(35-17-30-23)15-25(22)36-27-24(32)16-29(34-28(27)33,20-6-4-3-5-7-20)13-12-19-8-10-21(31)11-9-19/h8-11,14-15,17-18,20,31-32H,3-7,12-13,16H2,1-2H3. The molecule has 0 spiro atoms. The van der Waals surface area contributed by atoms with Gasteiger partial charge in [-0.15, -0.1) is 11.3 Å². The Balaban J connectivity index is 1.44. The summed E-state index contributed by atoms with van der Waals surface area (Å²) in [5.41, 5.74) is 4.29. The van der Waals surface area contributed by atoms with Crippen LogP contribution in [0.25, 0.3) is 10.2 Å². The zero-order valence-corrected chi connectivity index (χ0v) is 22.5. The molecule has 1 unspecified atom stereocenters. The highest BCUT2D eigenvalue weighted by atomic mass is 32.2. The van der Waals surface area contributed by atoms with Crippen molar-refractivity contribution in [3.05, 3.63) is 63.7 Å². The molecule has 3 aromatic rings. The molecule has 2 heterocycles. The van der Waals surface area contributed by atoms with Crippen LogP contribution in [-0.2, 0) is 16.0 Å². The molecule has 7 heteroatoms. The number of ether oxygens (including phenoxy) is 1. The van der Waals surface area contributed by atoms with Crippen LogP contribution in [0.4, 0.5) is 0 Å². The number of phenolic OH excluding ortho intramolecular Hbond substituents is 1. The Kier molecular flexibility index (Phi) is 7.31. The first-order chi connectivity index (χ1) is 17.3. The number of cyclic esters (lactones) is 1. The van der Waals surface area contributed by atoms with Crippen molar-refractivity contribution in [1.82, 2.24) is 4.98 Å². The molecule has 1 aliphatic heterocycles. The predicted molar refractivity (Wildman–Crippen MR) is 146 cm³/mol. The van der Waals surface area contributed by atoms with Gasteiger partial charge in [0.15, 0.2) is 0 Å². The first kappa shape index (κ1) is 25.2. The number of aromatic hydroxyl groups is 1. The number of aryl methyl sites for hydroxylation is 1. The highest BCUT2D eigenvalue weighted by Crippen LogP contribution is 2.48. The van der Waals surface area contributed by atoms with Crippen LogP contribution in [0, 0.1) is 5.92 Å². The molecule has 2 aliphatic rings. The van der Waals surface area contributed by atoms with Gasteiger partial charge in [-0.3, -0.25) is 0 Å². The number of thioether (sulfide) groups is 1. The van der Waals surface area contributed by atoms with Gasteiger partial charge in [-0.25, -0.2) is 9.78 Å². The number of fused-ring (bicyclic) bond motifs is 1. The van der Waals surface area contributed by atoms with E-state index >= 15 is 0 Å². The van der Waals surface area contributed by atoms with Crippen LogP contribution in [0.3, 0.4) is 0 Å². The summed E-state index contributed by atoms with van der Waals surface area (Å²) in [4.78, 5) is 19.2. The predicted octanol–water partition coefficient (Wildman–Crippen LogP) is 7.89. The Bertz CT molecular complexity index is 1270. The molecule has 0 radical (unpaired) electrons. The number of carbonyl (C=O) groups is 1. The molecular formula is C29H33NO4S2. The van der Waals surface area contributed by atoms with Crippen LogP contribution in [0.15, 0.2) is 57.5 Å². The van der Waals surface area contributed by atoms with Crippen molar-refractivity contribution in [3.8, 4) is 5.75 Å². The van der Waals surface area contributed by atoms with Crippen LogP contribution >= 0.6 is 23.1 Å². The number of aromatic nitrogens is 1. The fourth-order valence-electron chi connectivity index (χ4n) is 5.62. The van der Waals surface area contributed by atoms with Crippen LogP contribution in [0.2, 0.25) is 0 Å². The van der Waals surface area contributed by atoms with Crippen LogP contribution in [0.1, 0.15) is 75.8 Å². The molecule has 36 heavy (non-hydrogen) atoms. The Morgan fingerprint density at radius 2 is 1.89 bits per heavy atom. The average molecular weight is 524 g/mol. The minimum absolute atomic E-state index is 0.145. The SMILES string of the molecule is CC(C)c1cc2ncsc2cc1SC1=C(O)CC(CCc2ccc(O)cc2)(C2CCCCC2)OC1=O. The van der Waals surface area contributed by atoms with E-state index in [2.05, 4.69) is 31.0 Å². The lowest BCUT2D eigenvalue weighted by Crippen LogP contribution is -2.47. The van der Waals surface area contributed by atoms with Gasteiger partial charge in [0.25, 0.3) is 0 Å². The molecule has 1 atom stereocenters. The Morgan fingerprint density at radius 3 is 2.58 bits per heavy atom. The van der Waals surface area contributed by atoms with Gasteiger partial charge in [0.05, 0.1) is 15.7 Å². The van der Waals surface area contributed by atoms with Gasteiger partial charge in [-0.2, -0.15) is 0 Å². The van der Waals surface area contributed by atoms with Gasteiger partial charge in [-0.1, -0.05) is 57.0 Å². The number of thiazole rings is 1. The first-order valence-electron chi connectivity index (χ1n) is 12.8. The number of hydrogen-bond donors (Lipinski definition) is 2. The van der Waals surface area contributed by atoms with Gasteiger partial charge in [-0.05, 0) is 72.9 Å². The van der Waals surface area contributed by atoms with Crippen LogP contribution in [0.5, 0.6) is 5.75 Å². The van der Waals surface area contributed by atoms with E-state index in [-0.39, 0.29) is 23.3 Å². The lowest BCUT2D eigenvalue weighted by Gasteiger charge is -2.44. The van der Waals surface area contributed by atoms with Crippen molar-refractivity contribution in [2.75, 3.05) is 0 Å². The van der Waals surface area contributed by atoms with E-state index in [1.165, 1.54) is 18.2 Å². The van der Waals surface area contributed by atoms with Gasteiger partial charge < -0.3 is 14.9 Å². The maximum Gasteiger partial charge on any atom is 0.349 e. The molecule has 1 fully saturated rings. The Morgan fingerprint density at radius 1 is 1.14 bits per heavy atom. The van der Waals surface area contributed by atoms with E-state index in [9.17, 15) is 15.0 Å². The molecule has 5 nitrogen and oxygen atoms in total. The molecule has 0 bridgehead atoms. The quantitative estimate of drug-likeness (QED) is 0.307. The number of aliphatic hydroxyl groups excluding tert-OH is 1. The number of benzene rings is 2. The minimum Gasteiger partial charge on any atom is -0.511 e. The third-order valence-electron chi connectivity index (χ3n) is 7.63. The van der Waals surface area contributed by atoms with E-state index in [4.69, 9.17) is 4.74 Å². The highest BCUT2D eigenvalue weighted by molar-refractivity contribution is 8.04. The van der Waals surface area contributed by atoms with Crippen molar-refractivity contribution in [2.45, 2.75) is 81.6 Å². The van der Waals surface area contributed by atoms with Gasteiger partial charge in [0, 0.05) is 11.3 Å². The second-order valence-electron chi connectivity index (χ2n) is 10.4. The fraction of sp³-hybridized carbons (Fsp3) is 0.448. The van der Waals surface area contributed by atoms with E-state index in [0.717, 1.165) is 58.3 Å². The maximum atomic E-state index is 13.5. The summed E-state index contributed by atoms with van der Waals surface area (Å²) >= 11 is 2.90. The number of esters is 1. The fourth-order valence-corrected chi connectivity index (χ4v) is 7.52. The summed E-state index contributed by atoms with van der Waals surface area (Å²) in [5.74, 6) is 0.462. The van der Waals surface area contributed by atoms with Gasteiger partial charge >= 0.3 is 5.97 Å². The maximum absolute atomic E-state index is 13.5. The molecule has 1 saturated carbocycles. The molecule has 2 aromatic carbocycles. The summed E-state index contributed by atoms with van der Waals surface area (Å²) in [7, 11) is 0. The normalized spacial score (nSPS) is 21.4. The lowest BCUT2D eigenvalue weighted by atomic mass is 9.71. The first-order valence-corrected chi connectivity index (χ1v) is 14.5. The molecular weight excluding hydrogens is 490 g/mol. The van der Waals surface area contributed by atoms with Crippen LogP contribution < -0.4 is 0 Å².